The van der Waals surface area contributed by atoms with Gasteiger partial charge in [-0.05, 0) is 118 Å². The van der Waals surface area contributed by atoms with Crippen LogP contribution < -0.4 is 14.4 Å². The number of rotatable bonds is 3. The van der Waals surface area contributed by atoms with Crippen LogP contribution in [0, 0.1) is 17.8 Å². The van der Waals surface area contributed by atoms with E-state index in [1.807, 2.05) is 32.2 Å². The minimum absolute atomic E-state index is 0.203. The molecule has 294 valence electrons. The van der Waals surface area contributed by atoms with Gasteiger partial charge < -0.3 is 14.4 Å². The molecule has 2 bridgehead atoms. The first-order chi connectivity index (χ1) is 25.9. The molecule has 1 amide bonds. The molecule has 2 aromatic rings. The Labute approximate surface area is 325 Å². The summed E-state index contributed by atoms with van der Waals surface area (Å²) in [7, 11) is -2.16. The number of anilines is 1. The number of amides is 1. The molecule has 1 N–H and O–H groups in total. The second kappa shape index (κ2) is 15.0. The molecule has 3 fully saturated rings. The Hall–Kier alpha value is -2.70. The summed E-state index contributed by atoms with van der Waals surface area (Å²) in [5.41, 5.74) is 2.72. The van der Waals surface area contributed by atoms with Gasteiger partial charge >= 0.3 is 0 Å². The number of ether oxygens (including phenoxy) is 2. The summed E-state index contributed by atoms with van der Waals surface area (Å²) >= 11 is 6.50. The van der Waals surface area contributed by atoms with E-state index in [0.29, 0.717) is 56.2 Å². The highest BCUT2D eigenvalue weighted by Crippen LogP contribution is 2.49. The van der Waals surface area contributed by atoms with Crippen molar-refractivity contribution in [3.05, 3.63) is 70.3 Å². The zero-order valence-electron chi connectivity index (χ0n) is 31.9. The van der Waals surface area contributed by atoms with Gasteiger partial charge in [0.05, 0.1) is 17.5 Å². The monoisotopic (exact) mass is 782 g/mol. The van der Waals surface area contributed by atoms with Crippen molar-refractivity contribution < 1.29 is 27.1 Å². The number of fused-ring (bicyclic) bond motifs is 5. The Balaban J connectivity index is 1.18. The molecule has 0 unspecified atom stereocenters. The van der Waals surface area contributed by atoms with Crippen LogP contribution in [0.25, 0.3) is 0 Å². The smallest absolute Gasteiger partial charge is 0.264 e. The maximum atomic E-state index is 14.6. The lowest BCUT2D eigenvalue weighted by molar-refractivity contribution is -0.101. The highest BCUT2D eigenvalue weighted by atomic mass is 35.5. The van der Waals surface area contributed by atoms with E-state index < -0.39 is 33.0 Å². The third-order valence-electron chi connectivity index (χ3n) is 14.0. The fraction of sp³-hybridized carbons (Fsp3) is 0.643. The predicted octanol–water partition coefficient (Wildman–Crippen LogP) is 6.39. The number of hydrogen-bond donors (Lipinski definition) is 1. The predicted molar refractivity (Wildman–Crippen MR) is 211 cm³/mol. The number of aryl methyl sites for hydroxylation is 1. The molecular weight excluding hydrogens is 727 g/mol. The molecule has 8 rings (SSSR count). The Kier molecular flexibility index (Phi) is 10.6. The number of hydrogen-bond acceptors (Lipinski definition) is 8. The van der Waals surface area contributed by atoms with Gasteiger partial charge in [0.15, 0.2) is 0 Å². The van der Waals surface area contributed by atoms with Crippen molar-refractivity contribution in [2.75, 3.05) is 64.4 Å². The number of benzene rings is 2. The van der Waals surface area contributed by atoms with Crippen LogP contribution in [-0.2, 0) is 26.6 Å². The molecule has 1 spiro atoms. The molecule has 2 saturated heterocycles. The van der Waals surface area contributed by atoms with Gasteiger partial charge in [0.25, 0.3) is 5.91 Å². The lowest BCUT2D eigenvalue weighted by atomic mass is 9.63. The Bertz CT molecular complexity index is 1880. The summed E-state index contributed by atoms with van der Waals surface area (Å²) in [6.07, 6.45) is 10.3. The summed E-state index contributed by atoms with van der Waals surface area (Å²) in [5.74, 6) is 0.306. The summed E-state index contributed by atoms with van der Waals surface area (Å²) in [4.78, 5) is 21.0. The van der Waals surface area contributed by atoms with Crippen molar-refractivity contribution in [3.8, 4) is 5.75 Å². The van der Waals surface area contributed by atoms with Crippen molar-refractivity contribution >= 4 is 33.2 Å². The molecule has 2 aliphatic carbocycles. The van der Waals surface area contributed by atoms with Gasteiger partial charge in [-0.1, -0.05) is 36.7 Å². The SMILES string of the molecule is CO[C@]1(CN2CCN3CC[C@H](F)C[C@@H]3C2)/C=C/C[C@H](C)[C@@H](C)S(=O)(=O)NC(=O)c2ccc3c(c2)N(C[C@@H]2CC[C@H]21)C[C@@]1(CCCc2cc(Cl)ccc21)CO3. The van der Waals surface area contributed by atoms with Gasteiger partial charge in [0.1, 0.15) is 17.5 Å². The van der Waals surface area contributed by atoms with Crippen molar-refractivity contribution in [2.24, 2.45) is 17.8 Å². The lowest BCUT2D eigenvalue weighted by Gasteiger charge is -2.53. The summed E-state index contributed by atoms with van der Waals surface area (Å²) < 4.78 is 57.6. The standard InChI is InChI=1S/C42H56ClFN4O5S/c1-28-6-4-16-42(52-3,26-46-18-19-47-17-14-34(44)22-35(47)24-46)37-11-8-32(37)23-48-25-41(15-5-7-30-20-33(43)10-12-36(30)41)27-53-39-13-9-31(21-38(39)48)40(49)45-54(50,51)29(28)2/h4,9-10,12-13,16,20-21,28-29,32,34-35,37H,5-8,11,14-15,17-19,22-27H2,1-3H3,(H,45,49)/b16-4+/t28-,29+,32-,34-,35+,37+,41-,42-/m0/s1. The number of carbonyl (C=O) groups excluding carboxylic acids is 1. The molecule has 54 heavy (non-hydrogen) atoms. The Morgan fingerprint density at radius 2 is 1.93 bits per heavy atom. The highest BCUT2D eigenvalue weighted by Gasteiger charge is 2.50. The minimum atomic E-state index is -3.98. The van der Waals surface area contributed by atoms with Crippen LogP contribution in [0.1, 0.15) is 80.3 Å². The number of nitrogens with zero attached hydrogens (tertiary/aromatic N) is 3. The van der Waals surface area contributed by atoms with E-state index in [0.717, 1.165) is 75.5 Å². The molecule has 9 nitrogen and oxygen atoms in total. The third-order valence-corrected chi connectivity index (χ3v) is 16.2. The minimum Gasteiger partial charge on any atom is -0.490 e. The van der Waals surface area contributed by atoms with E-state index in [4.69, 9.17) is 21.1 Å². The number of carbonyl (C=O) groups is 1. The average molecular weight is 783 g/mol. The number of methoxy groups -OCH3 is 1. The maximum Gasteiger partial charge on any atom is 0.264 e. The van der Waals surface area contributed by atoms with Crippen LogP contribution >= 0.6 is 11.6 Å². The van der Waals surface area contributed by atoms with Crippen molar-refractivity contribution in [1.29, 1.82) is 0 Å². The van der Waals surface area contributed by atoms with Crippen molar-refractivity contribution in [2.45, 2.75) is 93.7 Å². The van der Waals surface area contributed by atoms with Gasteiger partial charge in [-0.15, -0.1) is 0 Å². The zero-order chi connectivity index (χ0) is 37.8. The normalized spacial score (nSPS) is 36.4. The van der Waals surface area contributed by atoms with E-state index in [9.17, 15) is 17.6 Å². The second-order valence-electron chi connectivity index (χ2n) is 17.2. The van der Waals surface area contributed by atoms with Crippen LogP contribution in [0.15, 0.2) is 48.6 Å². The molecule has 6 aliphatic rings. The number of halogens is 2. The number of nitrogens with one attached hydrogen (secondary N) is 1. The van der Waals surface area contributed by atoms with Crippen molar-refractivity contribution in [1.82, 2.24) is 14.5 Å². The zero-order valence-corrected chi connectivity index (χ0v) is 33.5. The first-order valence-electron chi connectivity index (χ1n) is 20.1. The topological polar surface area (TPSA) is 91.4 Å². The van der Waals surface area contributed by atoms with Crippen LogP contribution in [-0.4, -0.2) is 107 Å². The van der Waals surface area contributed by atoms with Gasteiger partial charge in [0.2, 0.25) is 10.0 Å². The van der Waals surface area contributed by atoms with Crippen molar-refractivity contribution in [3.63, 3.8) is 0 Å². The quantitative estimate of drug-likeness (QED) is 0.359. The maximum absolute atomic E-state index is 14.6. The molecule has 1 saturated carbocycles. The fourth-order valence-corrected chi connectivity index (χ4v) is 12.0. The number of sulfonamides is 1. The Morgan fingerprint density at radius 1 is 1.07 bits per heavy atom. The number of alkyl halides is 1. The van der Waals surface area contributed by atoms with E-state index in [-0.39, 0.29) is 23.3 Å². The summed E-state index contributed by atoms with van der Waals surface area (Å²) in [5, 5.41) is -0.0699. The highest BCUT2D eigenvalue weighted by molar-refractivity contribution is 7.90. The lowest BCUT2D eigenvalue weighted by Crippen LogP contribution is -2.62. The summed E-state index contributed by atoms with van der Waals surface area (Å²) in [6, 6.07) is 11.8. The molecule has 4 heterocycles. The van der Waals surface area contributed by atoms with E-state index >= 15 is 0 Å². The van der Waals surface area contributed by atoms with Gasteiger partial charge in [-0.3, -0.25) is 14.6 Å². The first kappa shape index (κ1) is 38.2. The van der Waals surface area contributed by atoms with Crippen LogP contribution in [0.5, 0.6) is 5.75 Å². The molecule has 0 aromatic heterocycles. The number of allylic oxidation sites excluding steroid dienone is 1. The molecule has 0 radical (unpaired) electrons. The van der Waals surface area contributed by atoms with Crippen LogP contribution in [0.2, 0.25) is 5.02 Å². The molecule has 8 atom stereocenters. The Morgan fingerprint density at radius 3 is 2.72 bits per heavy atom. The number of piperazine rings is 1. The van der Waals surface area contributed by atoms with Gasteiger partial charge in [0, 0.05) is 75.0 Å². The number of piperidine rings is 1. The van der Waals surface area contributed by atoms with E-state index in [1.165, 1.54) is 11.1 Å². The van der Waals surface area contributed by atoms with Gasteiger partial charge in [-0.25, -0.2) is 17.5 Å². The summed E-state index contributed by atoms with van der Waals surface area (Å²) in [6.45, 7) is 9.68. The van der Waals surface area contributed by atoms with Crippen LogP contribution in [0.4, 0.5) is 10.1 Å². The van der Waals surface area contributed by atoms with E-state index in [2.05, 4.69) is 43.7 Å². The van der Waals surface area contributed by atoms with Gasteiger partial charge in [-0.2, -0.15) is 0 Å². The van der Waals surface area contributed by atoms with E-state index in [1.54, 1.807) is 13.0 Å². The van der Waals surface area contributed by atoms with Crippen LogP contribution in [0.3, 0.4) is 0 Å². The third kappa shape index (κ3) is 7.21. The average Bonchev–Trinajstić information content (AvgIpc) is 3.28. The molecule has 12 heteroatoms. The molecule has 4 aliphatic heterocycles. The second-order valence-corrected chi connectivity index (χ2v) is 19.7. The largest absolute Gasteiger partial charge is 0.490 e. The molecule has 2 aromatic carbocycles. The fourth-order valence-electron chi connectivity index (χ4n) is 10.5. The first-order valence-corrected chi connectivity index (χ1v) is 22.0. The molecular formula is C42H56ClFN4O5S.